The van der Waals surface area contributed by atoms with Gasteiger partial charge in [0, 0.05) is 12.5 Å². The van der Waals surface area contributed by atoms with E-state index in [9.17, 15) is 9.59 Å². The molecule has 0 aliphatic heterocycles. The minimum absolute atomic E-state index is 0. The molecule has 1 atom stereocenters. The first kappa shape index (κ1) is 21.7. The number of benzene rings is 2. The fourth-order valence-corrected chi connectivity index (χ4v) is 3.45. The first-order valence-electron chi connectivity index (χ1n) is 9.15. The molecule has 2 aromatic rings. The molecule has 0 saturated heterocycles. The van der Waals surface area contributed by atoms with Gasteiger partial charge in [-0.15, -0.1) is 12.4 Å². The lowest BCUT2D eigenvalue weighted by Gasteiger charge is -2.14. The van der Waals surface area contributed by atoms with Crippen molar-refractivity contribution in [2.24, 2.45) is 5.73 Å². The van der Waals surface area contributed by atoms with Crippen LogP contribution in [0.15, 0.2) is 48.5 Å². The predicted octanol–water partition coefficient (Wildman–Crippen LogP) is 3.53. The summed E-state index contributed by atoms with van der Waals surface area (Å²) >= 11 is 0. The number of ether oxygens (including phenoxy) is 1. The van der Waals surface area contributed by atoms with E-state index in [0.29, 0.717) is 25.8 Å². The van der Waals surface area contributed by atoms with E-state index in [0.717, 1.165) is 0 Å². The maximum Gasteiger partial charge on any atom is 0.407 e. The van der Waals surface area contributed by atoms with E-state index in [1.54, 1.807) is 0 Å². The largest absolute Gasteiger partial charge is 0.480 e. The molecule has 3 rings (SSSR count). The van der Waals surface area contributed by atoms with Crippen LogP contribution in [0.5, 0.6) is 0 Å². The molecule has 0 radical (unpaired) electrons. The molecule has 150 valence electrons. The SMILES string of the molecule is Cl.NC(CCCCNC(=O)OCC1c2ccccc2-c2ccccc21)C(=O)O. The molecule has 1 amide bonds. The van der Waals surface area contributed by atoms with Crippen molar-refractivity contribution in [1.29, 1.82) is 0 Å². The number of hydrogen-bond donors (Lipinski definition) is 3. The molecule has 2 aromatic carbocycles. The lowest BCUT2D eigenvalue weighted by molar-refractivity contribution is -0.138. The Labute approximate surface area is 170 Å². The second-order valence-corrected chi connectivity index (χ2v) is 6.69. The number of carboxylic acids is 1. The first-order valence-corrected chi connectivity index (χ1v) is 9.15. The summed E-state index contributed by atoms with van der Waals surface area (Å²) in [5, 5.41) is 11.4. The molecule has 1 aliphatic rings. The van der Waals surface area contributed by atoms with E-state index in [-0.39, 0.29) is 24.9 Å². The number of nitrogens with one attached hydrogen (secondary N) is 1. The van der Waals surface area contributed by atoms with Crippen molar-refractivity contribution < 1.29 is 19.4 Å². The van der Waals surface area contributed by atoms with E-state index < -0.39 is 18.1 Å². The molecule has 0 saturated carbocycles. The van der Waals surface area contributed by atoms with Crippen LogP contribution in [0.25, 0.3) is 11.1 Å². The Morgan fingerprint density at radius 1 is 1.04 bits per heavy atom. The minimum atomic E-state index is -1.00. The number of carbonyl (C=O) groups is 2. The van der Waals surface area contributed by atoms with Crippen LogP contribution in [0, 0.1) is 0 Å². The van der Waals surface area contributed by atoms with Crippen molar-refractivity contribution in [3.05, 3.63) is 59.7 Å². The number of carboxylic acid groups (broad SMARTS) is 1. The Morgan fingerprint density at radius 3 is 2.18 bits per heavy atom. The summed E-state index contributed by atoms with van der Waals surface area (Å²) in [7, 11) is 0. The molecule has 6 nitrogen and oxygen atoms in total. The average Bonchev–Trinajstić information content (AvgIpc) is 3.00. The van der Waals surface area contributed by atoms with Crippen LogP contribution in [0.4, 0.5) is 4.79 Å². The maximum atomic E-state index is 12.0. The number of aliphatic carboxylic acids is 1. The summed E-state index contributed by atoms with van der Waals surface area (Å²) in [5.41, 5.74) is 10.2. The summed E-state index contributed by atoms with van der Waals surface area (Å²) in [4.78, 5) is 22.6. The lowest BCUT2D eigenvalue weighted by atomic mass is 9.98. The zero-order valence-corrected chi connectivity index (χ0v) is 16.3. The van der Waals surface area contributed by atoms with Crippen LogP contribution >= 0.6 is 12.4 Å². The molecule has 0 bridgehead atoms. The highest BCUT2D eigenvalue weighted by Gasteiger charge is 2.28. The molecule has 0 aromatic heterocycles. The van der Waals surface area contributed by atoms with Gasteiger partial charge >= 0.3 is 12.1 Å². The number of unbranched alkanes of at least 4 members (excludes halogenated alkanes) is 1. The fraction of sp³-hybridized carbons (Fsp3) is 0.333. The van der Waals surface area contributed by atoms with Gasteiger partial charge in [-0.3, -0.25) is 4.79 Å². The van der Waals surface area contributed by atoms with Gasteiger partial charge in [-0.05, 0) is 41.5 Å². The highest BCUT2D eigenvalue weighted by molar-refractivity contribution is 5.85. The lowest BCUT2D eigenvalue weighted by Crippen LogP contribution is -2.30. The zero-order chi connectivity index (χ0) is 19.2. The Kier molecular flexibility index (Phi) is 7.84. The number of nitrogens with two attached hydrogens (primary N) is 1. The third kappa shape index (κ3) is 5.03. The molecule has 0 spiro atoms. The molecule has 1 aliphatic carbocycles. The Bertz CT molecular complexity index is 782. The number of amides is 1. The number of halogens is 1. The predicted molar refractivity (Wildman–Crippen MR) is 110 cm³/mol. The second-order valence-electron chi connectivity index (χ2n) is 6.69. The minimum Gasteiger partial charge on any atom is -0.480 e. The van der Waals surface area contributed by atoms with E-state index in [1.165, 1.54) is 22.3 Å². The molecule has 1 unspecified atom stereocenters. The monoisotopic (exact) mass is 404 g/mol. The summed E-state index contributed by atoms with van der Waals surface area (Å²) in [5.74, 6) is -0.962. The molecule has 4 N–H and O–H groups in total. The van der Waals surface area contributed by atoms with Gasteiger partial charge < -0.3 is 20.9 Å². The topological polar surface area (TPSA) is 102 Å². The van der Waals surface area contributed by atoms with Crippen LogP contribution in [-0.2, 0) is 9.53 Å². The number of hydrogen-bond acceptors (Lipinski definition) is 4. The molecule has 28 heavy (non-hydrogen) atoms. The number of rotatable bonds is 8. The first-order chi connectivity index (χ1) is 13.1. The Balaban J connectivity index is 0.00000280. The van der Waals surface area contributed by atoms with Crippen LogP contribution in [0.1, 0.15) is 36.3 Å². The van der Waals surface area contributed by atoms with Gasteiger partial charge in [0.25, 0.3) is 0 Å². The maximum absolute atomic E-state index is 12.0. The van der Waals surface area contributed by atoms with Gasteiger partial charge in [-0.25, -0.2) is 4.79 Å². The molecular weight excluding hydrogens is 380 g/mol. The highest BCUT2D eigenvalue weighted by atomic mass is 35.5. The van der Waals surface area contributed by atoms with Crippen molar-refractivity contribution >= 4 is 24.5 Å². The highest BCUT2D eigenvalue weighted by Crippen LogP contribution is 2.44. The van der Waals surface area contributed by atoms with Crippen molar-refractivity contribution in [2.45, 2.75) is 31.2 Å². The van der Waals surface area contributed by atoms with E-state index in [4.69, 9.17) is 15.6 Å². The van der Waals surface area contributed by atoms with Gasteiger partial charge in [0.15, 0.2) is 0 Å². The number of alkyl carbamates (subject to hydrolysis) is 1. The standard InChI is InChI=1S/C21H24N2O4.ClH/c22-19(20(24)25)11-5-6-12-23-21(26)27-13-18-16-9-3-1-7-14(16)15-8-2-4-10-17(15)18;/h1-4,7-10,18-19H,5-6,11-13,22H2,(H,23,26)(H,24,25);1H. The van der Waals surface area contributed by atoms with Gasteiger partial charge in [0.05, 0.1) is 0 Å². The molecule has 0 fully saturated rings. The van der Waals surface area contributed by atoms with Crippen LogP contribution in [0.3, 0.4) is 0 Å². The quantitative estimate of drug-likeness (QED) is 0.584. The normalized spacial score (nSPS) is 13.0. The summed E-state index contributed by atoms with van der Waals surface area (Å²) in [6.07, 6.45) is 1.23. The van der Waals surface area contributed by atoms with Crippen LogP contribution < -0.4 is 11.1 Å². The summed E-state index contributed by atoms with van der Waals surface area (Å²) in [6, 6.07) is 15.5. The Hall–Kier alpha value is -2.57. The second kappa shape index (κ2) is 10.1. The average molecular weight is 405 g/mol. The van der Waals surface area contributed by atoms with E-state index in [1.807, 2.05) is 24.3 Å². The molecule has 7 heteroatoms. The van der Waals surface area contributed by atoms with Gasteiger partial charge in [0.1, 0.15) is 12.6 Å². The number of fused-ring (bicyclic) bond motifs is 3. The zero-order valence-electron chi connectivity index (χ0n) is 15.5. The van der Waals surface area contributed by atoms with E-state index in [2.05, 4.69) is 29.6 Å². The van der Waals surface area contributed by atoms with Crippen molar-refractivity contribution in [3.63, 3.8) is 0 Å². The molecular formula is C21H25ClN2O4. The Morgan fingerprint density at radius 2 is 1.61 bits per heavy atom. The van der Waals surface area contributed by atoms with Crippen molar-refractivity contribution in [1.82, 2.24) is 5.32 Å². The van der Waals surface area contributed by atoms with E-state index >= 15 is 0 Å². The van der Waals surface area contributed by atoms with Gasteiger partial charge in [0.2, 0.25) is 0 Å². The van der Waals surface area contributed by atoms with Crippen molar-refractivity contribution in [3.8, 4) is 11.1 Å². The van der Waals surface area contributed by atoms with Gasteiger partial charge in [-0.2, -0.15) is 0 Å². The van der Waals surface area contributed by atoms with Gasteiger partial charge in [-0.1, -0.05) is 48.5 Å². The third-order valence-corrected chi connectivity index (χ3v) is 4.87. The number of carbonyl (C=O) groups excluding carboxylic acids is 1. The molecule has 0 heterocycles. The summed E-state index contributed by atoms with van der Waals surface area (Å²) < 4.78 is 5.44. The van der Waals surface area contributed by atoms with Crippen LogP contribution in [-0.4, -0.2) is 36.4 Å². The fourth-order valence-electron chi connectivity index (χ4n) is 3.45. The smallest absolute Gasteiger partial charge is 0.407 e. The summed E-state index contributed by atoms with van der Waals surface area (Å²) in [6.45, 7) is 0.715. The van der Waals surface area contributed by atoms with Crippen molar-refractivity contribution in [2.75, 3.05) is 13.2 Å². The van der Waals surface area contributed by atoms with Crippen LogP contribution in [0.2, 0.25) is 0 Å². The third-order valence-electron chi connectivity index (χ3n) is 4.87.